The standard InChI is InChI=1S/C9H18BrNO2.BrH/c1-9(2,3)13-8(12)11(4)7-5-6-10;/h5-7H2,1-4H3;1H. The van der Waals surface area contributed by atoms with Gasteiger partial charge in [-0.15, -0.1) is 17.0 Å². The van der Waals surface area contributed by atoms with E-state index < -0.39 is 5.60 Å². The van der Waals surface area contributed by atoms with E-state index in [2.05, 4.69) is 15.9 Å². The van der Waals surface area contributed by atoms with Crippen molar-refractivity contribution in [3.63, 3.8) is 0 Å². The Kier molecular flexibility index (Phi) is 8.94. The van der Waals surface area contributed by atoms with Crippen LogP contribution in [-0.4, -0.2) is 35.5 Å². The Morgan fingerprint density at radius 2 is 1.93 bits per heavy atom. The SMILES string of the molecule is Br.CN(CCCBr)C(=O)OC(C)(C)C. The van der Waals surface area contributed by atoms with Gasteiger partial charge in [-0.3, -0.25) is 0 Å². The van der Waals surface area contributed by atoms with Gasteiger partial charge in [0.2, 0.25) is 0 Å². The lowest BCUT2D eigenvalue weighted by Gasteiger charge is -2.24. The zero-order valence-corrected chi connectivity index (χ0v) is 12.5. The van der Waals surface area contributed by atoms with E-state index in [1.807, 2.05) is 20.8 Å². The molecule has 0 spiro atoms. The van der Waals surface area contributed by atoms with Crippen LogP contribution in [0.3, 0.4) is 0 Å². The minimum absolute atomic E-state index is 0. The average Bonchev–Trinajstić information content (AvgIpc) is 1.96. The van der Waals surface area contributed by atoms with Crippen LogP contribution in [0.4, 0.5) is 4.79 Å². The smallest absolute Gasteiger partial charge is 0.410 e. The molecule has 0 fully saturated rings. The minimum atomic E-state index is -0.403. The van der Waals surface area contributed by atoms with Crippen molar-refractivity contribution in [1.29, 1.82) is 0 Å². The fourth-order valence-electron chi connectivity index (χ4n) is 0.728. The van der Waals surface area contributed by atoms with Crippen LogP contribution in [0.2, 0.25) is 0 Å². The molecular weight excluding hydrogens is 314 g/mol. The van der Waals surface area contributed by atoms with Gasteiger partial charge < -0.3 is 9.64 Å². The second-order valence-corrected chi connectivity index (χ2v) is 4.74. The van der Waals surface area contributed by atoms with Gasteiger partial charge in [-0.2, -0.15) is 0 Å². The summed E-state index contributed by atoms with van der Waals surface area (Å²) in [5, 5.41) is 0.903. The summed E-state index contributed by atoms with van der Waals surface area (Å²) in [4.78, 5) is 12.9. The van der Waals surface area contributed by atoms with Crippen LogP contribution in [0.25, 0.3) is 0 Å². The number of halogens is 2. The first-order valence-electron chi connectivity index (χ1n) is 4.37. The van der Waals surface area contributed by atoms with Crippen molar-refractivity contribution in [2.75, 3.05) is 18.9 Å². The van der Waals surface area contributed by atoms with E-state index in [1.165, 1.54) is 0 Å². The predicted molar refractivity (Wildman–Crippen MR) is 67.6 cm³/mol. The Hall–Kier alpha value is 0.230. The van der Waals surface area contributed by atoms with Gasteiger partial charge in [0.05, 0.1) is 0 Å². The maximum atomic E-state index is 11.4. The van der Waals surface area contributed by atoms with Crippen molar-refractivity contribution in [2.45, 2.75) is 32.8 Å². The lowest BCUT2D eigenvalue weighted by atomic mass is 10.2. The van der Waals surface area contributed by atoms with Gasteiger partial charge in [0, 0.05) is 18.9 Å². The monoisotopic (exact) mass is 331 g/mol. The first-order chi connectivity index (χ1) is 5.87. The summed E-state index contributed by atoms with van der Waals surface area (Å²) in [6, 6.07) is 0. The summed E-state index contributed by atoms with van der Waals surface area (Å²) >= 11 is 3.31. The third-order valence-electron chi connectivity index (χ3n) is 1.33. The van der Waals surface area contributed by atoms with Gasteiger partial charge >= 0.3 is 6.09 Å². The molecule has 3 nitrogen and oxygen atoms in total. The highest BCUT2D eigenvalue weighted by atomic mass is 79.9. The van der Waals surface area contributed by atoms with Crippen molar-refractivity contribution in [1.82, 2.24) is 4.90 Å². The molecule has 86 valence electrons. The van der Waals surface area contributed by atoms with E-state index in [9.17, 15) is 4.79 Å². The fraction of sp³-hybridized carbons (Fsp3) is 0.889. The highest BCUT2D eigenvalue weighted by molar-refractivity contribution is 9.09. The molecule has 0 N–H and O–H groups in total. The van der Waals surface area contributed by atoms with Crippen LogP contribution in [0.1, 0.15) is 27.2 Å². The van der Waals surface area contributed by atoms with E-state index in [-0.39, 0.29) is 23.1 Å². The molecule has 0 saturated carbocycles. The Bertz CT molecular complexity index is 169. The van der Waals surface area contributed by atoms with E-state index in [0.29, 0.717) is 0 Å². The number of carbonyl (C=O) groups is 1. The maximum absolute atomic E-state index is 11.4. The minimum Gasteiger partial charge on any atom is -0.444 e. The highest BCUT2D eigenvalue weighted by Gasteiger charge is 2.18. The summed E-state index contributed by atoms with van der Waals surface area (Å²) < 4.78 is 5.17. The summed E-state index contributed by atoms with van der Waals surface area (Å²) in [7, 11) is 1.75. The molecule has 0 aliphatic rings. The van der Waals surface area contributed by atoms with Crippen molar-refractivity contribution < 1.29 is 9.53 Å². The molecule has 0 aromatic carbocycles. The van der Waals surface area contributed by atoms with E-state index in [4.69, 9.17) is 4.74 Å². The van der Waals surface area contributed by atoms with E-state index in [0.717, 1.165) is 18.3 Å². The molecular formula is C9H19Br2NO2. The number of ether oxygens (including phenoxy) is 1. The second kappa shape index (κ2) is 7.51. The van der Waals surface area contributed by atoms with Crippen LogP contribution in [0.15, 0.2) is 0 Å². The lowest BCUT2D eigenvalue weighted by molar-refractivity contribution is 0.0299. The summed E-state index contributed by atoms with van der Waals surface area (Å²) in [5.41, 5.74) is -0.403. The quantitative estimate of drug-likeness (QED) is 0.743. The summed E-state index contributed by atoms with van der Waals surface area (Å²) in [5.74, 6) is 0. The molecule has 0 atom stereocenters. The molecule has 0 heterocycles. The zero-order chi connectivity index (χ0) is 10.5. The molecule has 0 rings (SSSR count). The molecule has 0 bridgehead atoms. The van der Waals surface area contributed by atoms with Crippen LogP contribution >= 0.6 is 32.9 Å². The maximum Gasteiger partial charge on any atom is 0.410 e. The zero-order valence-electron chi connectivity index (χ0n) is 9.17. The van der Waals surface area contributed by atoms with Crippen LogP contribution in [-0.2, 0) is 4.74 Å². The van der Waals surface area contributed by atoms with E-state index in [1.54, 1.807) is 11.9 Å². The Balaban J connectivity index is 0. The number of amides is 1. The molecule has 0 aromatic rings. The average molecular weight is 333 g/mol. The van der Waals surface area contributed by atoms with Crippen LogP contribution in [0.5, 0.6) is 0 Å². The molecule has 0 radical (unpaired) electrons. The normalized spacial score (nSPS) is 10.4. The first kappa shape index (κ1) is 16.7. The van der Waals surface area contributed by atoms with Crippen molar-refractivity contribution >= 4 is 39.0 Å². The number of rotatable bonds is 3. The molecule has 14 heavy (non-hydrogen) atoms. The molecule has 0 aliphatic heterocycles. The third kappa shape index (κ3) is 8.81. The number of carbonyl (C=O) groups excluding carboxylic acids is 1. The molecule has 5 heteroatoms. The van der Waals surface area contributed by atoms with Crippen LogP contribution < -0.4 is 0 Å². The third-order valence-corrected chi connectivity index (χ3v) is 1.89. The number of alkyl halides is 1. The van der Waals surface area contributed by atoms with E-state index >= 15 is 0 Å². The number of nitrogens with zero attached hydrogens (tertiary/aromatic N) is 1. The largest absolute Gasteiger partial charge is 0.444 e. The number of hydrogen-bond donors (Lipinski definition) is 0. The van der Waals surface area contributed by atoms with Gasteiger partial charge in [-0.25, -0.2) is 4.79 Å². The Morgan fingerprint density at radius 3 is 2.29 bits per heavy atom. The topological polar surface area (TPSA) is 29.5 Å². The van der Waals surface area contributed by atoms with Gasteiger partial charge in [-0.1, -0.05) is 15.9 Å². The second-order valence-electron chi connectivity index (χ2n) is 3.94. The summed E-state index contributed by atoms with van der Waals surface area (Å²) in [6.07, 6.45) is 0.684. The Morgan fingerprint density at radius 1 is 1.43 bits per heavy atom. The van der Waals surface area contributed by atoms with Gasteiger partial charge in [0.1, 0.15) is 5.60 Å². The summed E-state index contributed by atoms with van der Waals surface area (Å²) in [6.45, 7) is 6.32. The van der Waals surface area contributed by atoms with Gasteiger partial charge in [0.25, 0.3) is 0 Å². The van der Waals surface area contributed by atoms with Gasteiger partial charge in [0.15, 0.2) is 0 Å². The molecule has 0 aromatic heterocycles. The fourth-order valence-corrected chi connectivity index (χ4v) is 0.979. The molecule has 1 amide bonds. The first-order valence-corrected chi connectivity index (χ1v) is 5.49. The molecule has 0 unspecified atom stereocenters. The van der Waals surface area contributed by atoms with Crippen LogP contribution in [0, 0.1) is 0 Å². The molecule has 0 saturated heterocycles. The van der Waals surface area contributed by atoms with Crippen molar-refractivity contribution in [2.24, 2.45) is 0 Å². The highest BCUT2D eigenvalue weighted by Crippen LogP contribution is 2.09. The lowest BCUT2D eigenvalue weighted by Crippen LogP contribution is -2.34. The Labute approximate surface area is 105 Å². The molecule has 0 aliphatic carbocycles. The van der Waals surface area contributed by atoms with Crippen molar-refractivity contribution in [3.05, 3.63) is 0 Å². The number of hydrogen-bond acceptors (Lipinski definition) is 2. The predicted octanol–water partition coefficient (Wildman–Crippen LogP) is 3.22. The van der Waals surface area contributed by atoms with Crippen molar-refractivity contribution in [3.8, 4) is 0 Å². The van der Waals surface area contributed by atoms with Gasteiger partial charge in [-0.05, 0) is 27.2 Å².